The van der Waals surface area contributed by atoms with Crippen molar-refractivity contribution in [3.63, 3.8) is 0 Å². The third-order valence-corrected chi connectivity index (χ3v) is 3.35. The number of anilines is 1. The lowest BCUT2D eigenvalue weighted by Crippen LogP contribution is -2.17. The molecule has 7 nitrogen and oxygen atoms in total. The minimum atomic E-state index is -3.11. The van der Waals surface area contributed by atoms with Crippen molar-refractivity contribution in [3.05, 3.63) is 47.5 Å². The van der Waals surface area contributed by atoms with Crippen molar-refractivity contribution in [2.24, 2.45) is 0 Å². The molecule has 0 atom stereocenters. The van der Waals surface area contributed by atoms with Crippen molar-refractivity contribution in [1.82, 2.24) is 0 Å². The first-order chi connectivity index (χ1) is 12.4. The average Bonchev–Trinajstić information content (AvgIpc) is 2.60. The normalized spacial score (nSPS) is 10.3. The molecule has 138 valence electrons. The van der Waals surface area contributed by atoms with Crippen LogP contribution in [0.4, 0.5) is 14.5 Å². The molecule has 0 saturated heterocycles. The van der Waals surface area contributed by atoms with Crippen molar-refractivity contribution in [2.45, 2.75) is 6.61 Å². The zero-order valence-corrected chi connectivity index (χ0v) is 13.8. The number of ether oxygens (including phenoxy) is 3. The van der Waals surface area contributed by atoms with Gasteiger partial charge in [-0.3, -0.25) is 4.79 Å². The minimum absolute atomic E-state index is 0.0907. The van der Waals surface area contributed by atoms with Crippen LogP contribution in [-0.2, 0) is 0 Å². The molecule has 0 aliphatic heterocycles. The molecule has 26 heavy (non-hydrogen) atoms. The van der Waals surface area contributed by atoms with Gasteiger partial charge in [0.1, 0.15) is 5.75 Å². The van der Waals surface area contributed by atoms with E-state index in [9.17, 15) is 23.5 Å². The number of alkyl halides is 2. The molecule has 1 amide bonds. The quantitative estimate of drug-likeness (QED) is 0.780. The zero-order valence-electron chi connectivity index (χ0n) is 13.8. The van der Waals surface area contributed by atoms with Gasteiger partial charge in [0.2, 0.25) is 0 Å². The molecule has 2 aromatic rings. The van der Waals surface area contributed by atoms with Crippen molar-refractivity contribution in [1.29, 1.82) is 0 Å². The van der Waals surface area contributed by atoms with Crippen LogP contribution >= 0.6 is 0 Å². The standard InChI is InChI=1S/C17H15F2NO6/c1-24-13-7-10(16(22)23)11(8-14(13)25-2)20-15(21)9-5-3-4-6-12(9)26-17(18)19/h3-8,17H,1-2H3,(H,20,21)(H,22,23). The summed E-state index contributed by atoms with van der Waals surface area (Å²) in [4.78, 5) is 23.9. The highest BCUT2D eigenvalue weighted by atomic mass is 19.3. The Morgan fingerprint density at radius 2 is 1.62 bits per heavy atom. The van der Waals surface area contributed by atoms with Gasteiger partial charge in [-0.1, -0.05) is 12.1 Å². The summed E-state index contributed by atoms with van der Waals surface area (Å²) in [6.45, 7) is -3.11. The highest BCUT2D eigenvalue weighted by Gasteiger charge is 2.21. The summed E-state index contributed by atoms with van der Waals surface area (Å²) in [5.74, 6) is -2.14. The molecule has 0 bridgehead atoms. The largest absolute Gasteiger partial charge is 0.493 e. The smallest absolute Gasteiger partial charge is 0.387 e. The van der Waals surface area contributed by atoms with Gasteiger partial charge in [-0.25, -0.2) is 4.79 Å². The number of rotatable bonds is 7. The molecule has 0 unspecified atom stereocenters. The number of aromatic carboxylic acids is 1. The van der Waals surface area contributed by atoms with Gasteiger partial charge < -0.3 is 24.6 Å². The van der Waals surface area contributed by atoms with Crippen molar-refractivity contribution < 1.29 is 37.7 Å². The lowest BCUT2D eigenvalue weighted by Gasteiger charge is -2.15. The number of hydrogen-bond acceptors (Lipinski definition) is 5. The molecule has 0 aliphatic carbocycles. The highest BCUT2D eigenvalue weighted by molar-refractivity contribution is 6.09. The summed E-state index contributed by atoms with van der Waals surface area (Å²) < 4.78 is 39.4. The number of para-hydroxylation sites is 1. The molecular formula is C17H15F2NO6. The van der Waals surface area contributed by atoms with Crippen LogP contribution < -0.4 is 19.5 Å². The fourth-order valence-corrected chi connectivity index (χ4v) is 2.20. The van der Waals surface area contributed by atoms with Crippen LogP contribution in [0.2, 0.25) is 0 Å². The van der Waals surface area contributed by atoms with E-state index in [4.69, 9.17) is 9.47 Å². The Kier molecular flexibility index (Phi) is 5.94. The highest BCUT2D eigenvalue weighted by Crippen LogP contribution is 2.34. The second kappa shape index (κ2) is 8.15. The molecule has 0 spiro atoms. The number of methoxy groups -OCH3 is 2. The number of amides is 1. The van der Waals surface area contributed by atoms with E-state index in [-0.39, 0.29) is 34.1 Å². The topological polar surface area (TPSA) is 94.1 Å². The van der Waals surface area contributed by atoms with Crippen LogP contribution in [0.5, 0.6) is 17.2 Å². The van der Waals surface area contributed by atoms with Gasteiger partial charge in [0.15, 0.2) is 11.5 Å². The molecule has 0 aromatic heterocycles. The maximum Gasteiger partial charge on any atom is 0.387 e. The number of carboxylic acid groups (broad SMARTS) is 1. The van der Waals surface area contributed by atoms with E-state index in [1.54, 1.807) is 0 Å². The van der Waals surface area contributed by atoms with E-state index in [0.29, 0.717) is 0 Å². The summed E-state index contributed by atoms with van der Waals surface area (Å²) in [5, 5.41) is 11.7. The number of carboxylic acids is 1. The summed E-state index contributed by atoms with van der Waals surface area (Å²) >= 11 is 0. The third kappa shape index (κ3) is 4.18. The average molecular weight is 367 g/mol. The summed E-state index contributed by atoms with van der Waals surface area (Å²) in [7, 11) is 2.68. The first kappa shape index (κ1) is 19.0. The van der Waals surface area contributed by atoms with Gasteiger partial charge in [-0.15, -0.1) is 0 Å². The second-order valence-corrected chi connectivity index (χ2v) is 4.89. The van der Waals surface area contributed by atoms with E-state index < -0.39 is 18.5 Å². The van der Waals surface area contributed by atoms with Gasteiger partial charge in [0.05, 0.1) is 31.0 Å². The van der Waals surface area contributed by atoms with Crippen LogP contribution in [-0.4, -0.2) is 37.8 Å². The molecule has 0 aliphatic rings. The number of halogens is 2. The van der Waals surface area contributed by atoms with Gasteiger partial charge >= 0.3 is 12.6 Å². The Labute approximate surface area is 147 Å². The maximum atomic E-state index is 12.5. The van der Waals surface area contributed by atoms with E-state index in [0.717, 1.165) is 0 Å². The molecule has 2 aromatic carbocycles. The summed E-state index contributed by atoms with van der Waals surface area (Å²) in [6.07, 6.45) is 0. The lowest BCUT2D eigenvalue weighted by molar-refractivity contribution is -0.0501. The van der Waals surface area contributed by atoms with Gasteiger partial charge in [-0.2, -0.15) is 8.78 Å². The number of benzene rings is 2. The fourth-order valence-electron chi connectivity index (χ4n) is 2.20. The molecule has 0 saturated carbocycles. The molecule has 2 N–H and O–H groups in total. The van der Waals surface area contributed by atoms with Crippen LogP contribution in [0.15, 0.2) is 36.4 Å². The molecule has 0 fully saturated rings. The summed E-state index contributed by atoms with van der Waals surface area (Å²) in [5.41, 5.74) is -0.533. The van der Waals surface area contributed by atoms with E-state index in [1.807, 2.05) is 0 Å². The number of nitrogens with one attached hydrogen (secondary N) is 1. The number of carbonyl (C=O) groups is 2. The van der Waals surface area contributed by atoms with Crippen molar-refractivity contribution >= 4 is 17.6 Å². The Morgan fingerprint density at radius 1 is 1.00 bits per heavy atom. The SMILES string of the molecule is COc1cc(NC(=O)c2ccccc2OC(F)F)c(C(=O)O)cc1OC. The van der Waals surface area contributed by atoms with Crippen molar-refractivity contribution in [3.8, 4) is 17.2 Å². The number of hydrogen-bond donors (Lipinski definition) is 2. The molecule has 0 radical (unpaired) electrons. The van der Waals surface area contributed by atoms with Crippen molar-refractivity contribution in [2.75, 3.05) is 19.5 Å². The Morgan fingerprint density at radius 3 is 2.19 bits per heavy atom. The predicted molar refractivity (Wildman–Crippen MR) is 87.5 cm³/mol. The number of carbonyl (C=O) groups excluding carboxylic acids is 1. The van der Waals surface area contributed by atoms with Crippen LogP contribution in [0.1, 0.15) is 20.7 Å². The third-order valence-electron chi connectivity index (χ3n) is 3.35. The Hall–Kier alpha value is -3.36. The van der Waals surface area contributed by atoms with Crippen LogP contribution in [0, 0.1) is 0 Å². The monoisotopic (exact) mass is 367 g/mol. The van der Waals surface area contributed by atoms with E-state index in [1.165, 1.54) is 50.6 Å². The van der Waals surface area contributed by atoms with Gasteiger partial charge in [-0.05, 0) is 12.1 Å². The lowest BCUT2D eigenvalue weighted by atomic mass is 10.1. The predicted octanol–water partition coefficient (Wildman–Crippen LogP) is 3.26. The molecular weight excluding hydrogens is 352 g/mol. The Balaban J connectivity index is 2.42. The summed E-state index contributed by atoms with van der Waals surface area (Å²) in [6, 6.07) is 7.80. The second-order valence-electron chi connectivity index (χ2n) is 4.89. The molecule has 9 heteroatoms. The van der Waals surface area contributed by atoms with Crippen LogP contribution in [0.25, 0.3) is 0 Å². The Bertz CT molecular complexity index is 825. The molecule has 0 heterocycles. The van der Waals surface area contributed by atoms with E-state index in [2.05, 4.69) is 10.1 Å². The van der Waals surface area contributed by atoms with Gasteiger partial charge in [0, 0.05) is 12.1 Å². The first-order valence-electron chi connectivity index (χ1n) is 7.21. The van der Waals surface area contributed by atoms with E-state index >= 15 is 0 Å². The van der Waals surface area contributed by atoms with Gasteiger partial charge in [0.25, 0.3) is 5.91 Å². The first-order valence-corrected chi connectivity index (χ1v) is 7.21. The van der Waals surface area contributed by atoms with Crippen LogP contribution in [0.3, 0.4) is 0 Å². The molecule has 2 rings (SSSR count). The fraction of sp³-hybridized carbons (Fsp3) is 0.176. The minimum Gasteiger partial charge on any atom is -0.493 e. The zero-order chi connectivity index (χ0) is 19.3. The maximum absolute atomic E-state index is 12.5.